The summed E-state index contributed by atoms with van der Waals surface area (Å²) < 4.78 is 0. The molecule has 2 aromatic rings. The van der Waals surface area contributed by atoms with Gasteiger partial charge in [-0.3, -0.25) is 6.08 Å². The fraction of sp³-hybridized carbons (Fsp3) is 0.235. The molecule has 0 bridgehead atoms. The Morgan fingerprint density at radius 1 is 1.15 bits per heavy atom. The quantitative estimate of drug-likeness (QED) is 0.515. The van der Waals surface area contributed by atoms with Crippen molar-refractivity contribution in [3.05, 3.63) is 65.3 Å². The van der Waals surface area contributed by atoms with Crippen LogP contribution in [0.4, 0.5) is 0 Å². The standard InChI is InChI=1S/C12H13.C5H5.2ClH.Zr/c1-8-6-10(3)12-9(2)4-5-11(12)7-8;1-2-4-5-3-1;;;/h4-7H,1-3H3;1-3H,4H2;2*1H;/q2*-1;;;+2. The molecule has 0 fully saturated rings. The first-order chi connectivity index (χ1) is 8.18. The number of hydrogen-bond acceptors (Lipinski definition) is 0. The molecule has 0 atom stereocenters. The second-order valence-corrected chi connectivity index (χ2v) is 4.57. The molecule has 0 saturated carbocycles. The van der Waals surface area contributed by atoms with E-state index in [0.717, 1.165) is 6.42 Å². The van der Waals surface area contributed by atoms with Crippen molar-refractivity contribution >= 4 is 35.6 Å². The molecule has 0 unspecified atom stereocenters. The van der Waals surface area contributed by atoms with E-state index in [4.69, 9.17) is 0 Å². The normalized spacial score (nSPS) is 10.9. The van der Waals surface area contributed by atoms with E-state index in [1.807, 2.05) is 12.2 Å². The van der Waals surface area contributed by atoms with E-state index >= 15 is 0 Å². The third-order valence-electron chi connectivity index (χ3n) is 3.00. The van der Waals surface area contributed by atoms with Crippen LogP contribution in [-0.4, -0.2) is 0 Å². The monoisotopic (exact) mass is 384 g/mol. The van der Waals surface area contributed by atoms with Gasteiger partial charge in [0.25, 0.3) is 0 Å². The zero-order valence-electron chi connectivity index (χ0n) is 12.1. The maximum Gasteiger partial charge on any atom is 2.00 e. The van der Waals surface area contributed by atoms with Crippen LogP contribution in [0.25, 0.3) is 10.8 Å². The molecule has 3 heteroatoms. The van der Waals surface area contributed by atoms with E-state index < -0.39 is 0 Å². The molecule has 0 nitrogen and oxygen atoms in total. The van der Waals surface area contributed by atoms with Gasteiger partial charge in [0, 0.05) is 0 Å². The van der Waals surface area contributed by atoms with E-state index in [1.165, 1.54) is 27.5 Å². The largest absolute Gasteiger partial charge is 2.00 e. The first-order valence-electron chi connectivity index (χ1n) is 6.03. The molecule has 0 radical (unpaired) electrons. The van der Waals surface area contributed by atoms with Gasteiger partial charge in [-0.25, -0.2) is 12.2 Å². The minimum absolute atomic E-state index is 0. The molecule has 0 saturated heterocycles. The van der Waals surface area contributed by atoms with Crippen LogP contribution in [0.3, 0.4) is 0 Å². The topological polar surface area (TPSA) is 0 Å². The van der Waals surface area contributed by atoms with Crippen LogP contribution >= 0.6 is 24.8 Å². The number of aryl methyl sites for hydroxylation is 3. The fourth-order valence-corrected chi connectivity index (χ4v) is 2.31. The van der Waals surface area contributed by atoms with Crippen molar-refractivity contribution in [2.24, 2.45) is 0 Å². The summed E-state index contributed by atoms with van der Waals surface area (Å²) in [5.41, 5.74) is 4.14. The number of benzene rings is 1. The van der Waals surface area contributed by atoms with Crippen molar-refractivity contribution < 1.29 is 26.2 Å². The Hall–Kier alpha value is -0.227. The van der Waals surface area contributed by atoms with Gasteiger partial charge in [0.05, 0.1) is 0 Å². The summed E-state index contributed by atoms with van der Waals surface area (Å²) in [6.07, 6.45) is 10.0. The number of fused-ring (bicyclic) bond motifs is 1. The first kappa shape index (κ1) is 22.1. The van der Waals surface area contributed by atoms with Gasteiger partial charge in [-0.1, -0.05) is 25.5 Å². The predicted molar refractivity (Wildman–Crippen MR) is 89.8 cm³/mol. The molecule has 2 aromatic carbocycles. The van der Waals surface area contributed by atoms with Crippen LogP contribution in [0, 0.1) is 26.8 Å². The number of hydrogen-bond donors (Lipinski definition) is 0. The van der Waals surface area contributed by atoms with Crippen LogP contribution in [-0.2, 0) is 26.2 Å². The molecular weight excluding hydrogens is 366 g/mol. The summed E-state index contributed by atoms with van der Waals surface area (Å²) >= 11 is 0. The Labute approximate surface area is 153 Å². The molecule has 1 aliphatic carbocycles. The van der Waals surface area contributed by atoms with Crippen molar-refractivity contribution in [1.82, 2.24) is 0 Å². The summed E-state index contributed by atoms with van der Waals surface area (Å²) in [4.78, 5) is 0. The zero-order valence-corrected chi connectivity index (χ0v) is 16.2. The van der Waals surface area contributed by atoms with E-state index in [9.17, 15) is 0 Å². The molecule has 20 heavy (non-hydrogen) atoms. The second-order valence-electron chi connectivity index (χ2n) is 4.57. The van der Waals surface area contributed by atoms with Gasteiger partial charge >= 0.3 is 26.2 Å². The molecule has 0 aliphatic heterocycles. The van der Waals surface area contributed by atoms with Crippen molar-refractivity contribution in [2.75, 3.05) is 0 Å². The second kappa shape index (κ2) is 10.5. The number of halogens is 2. The van der Waals surface area contributed by atoms with Gasteiger partial charge in [0.1, 0.15) is 0 Å². The van der Waals surface area contributed by atoms with Crippen molar-refractivity contribution in [2.45, 2.75) is 27.2 Å². The molecule has 0 N–H and O–H groups in total. The van der Waals surface area contributed by atoms with Gasteiger partial charge in [-0.15, -0.1) is 59.2 Å². The summed E-state index contributed by atoms with van der Waals surface area (Å²) in [6.45, 7) is 6.50. The van der Waals surface area contributed by atoms with Gasteiger partial charge in [0.2, 0.25) is 0 Å². The van der Waals surface area contributed by atoms with Crippen LogP contribution in [0.5, 0.6) is 0 Å². The van der Waals surface area contributed by atoms with E-state index in [-0.39, 0.29) is 51.0 Å². The summed E-state index contributed by atoms with van der Waals surface area (Å²) in [7, 11) is 0. The Morgan fingerprint density at radius 3 is 2.35 bits per heavy atom. The third kappa shape index (κ3) is 5.64. The molecule has 0 aromatic heterocycles. The molecule has 106 valence electrons. The summed E-state index contributed by atoms with van der Waals surface area (Å²) in [5.74, 6) is 0. The van der Waals surface area contributed by atoms with Crippen LogP contribution in [0.1, 0.15) is 23.1 Å². The number of allylic oxidation sites excluding steroid dienone is 4. The van der Waals surface area contributed by atoms with Crippen molar-refractivity contribution in [3.8, 4) is 0 Å². The predicted octanol–water partition coefficient (Wildman–Crippen LogP) is 5.63. The van der Waals surface area contributed by atoms with Crippen LogP contribution < -0.4 is 0 Å². The van der Waals surface area contributed by atoms with Gasteiger partial charge in [-0.2, -0.15) is 18.2 Å². The fourth-order valence-electron chi connectivity index (χ4n) is 2.31. The molecule has 0 amide bonds. The maximum atomic E-state index is 2.99. The van der Waals surface area contributed by atoms with Gasteiger partial charge in [0.15, 0.2) is 0 Å². The SMILES string of the molecule is Cc1cc(C)c2c(cc[c-]2C)c1.Cl.Cl.[C-]1=CC=CC1.[Zr+2]. The van der Waals surface area contributed by atoms with Crippen molar-refractivity contribution in [3.63, 3.8) is 0 Å². The minimum atomic E-state index is 0. The van der Waals surface area contributed by atoms with Gasteiger partial charge in [-0.05, 0) is 6.92 Å². The van der Waals surface area contributed by atoms with Gasteiger partial charge < -0.3 is 0 Å². The van der Waals surface area contributed by atoms with E-state index in [0.29, 0.717) is 0 Å². The molecular formula is C17H20Cl2Zr. The Morgan fingerprint density at radius 2 is 1.85 bits per heavy atom. The molecule has 0 heterocycles. The average molecular weight is 386 g/mol. The Kier molecular flexibility index (Phi) is 11.6. The van der Waals surface area contributed by atoms with E-state index in [1.54, 1.807) is 0 Å². The minimum Gasteiger partial charge on any atom is -0.273 e. The first-order valence-corrected chi connectivity index (χ1v) is 6.03. The molecule has 1 aliphatic rings. The van der Waals surface area contributed by atoms with Crippen LogP contribution in [0.2, 0.25) is 0 Å². The van der Waals surface area contributed by atoms with Crippen molar-refractivity contribution in [1.29, 1.82) is 0 Å². The Balaban J connectivity index is 0. The molecule has 0 spiro atoms. The Bertz CT molecular complexity index is 570. The number of rotatable bonds is 0. The summed E-state index contributed by atoms with van der Waals surface area (Å²) in [6, 6.07) is 8.88. The maximum absolute atomic E-state index is 2.99. The van der Waals surface area contributed by atoms with E-state index in [2.05, 4.69) is 57.2 Å². The van der Waals surface area contributed by atoms with Crippen LogP contribution in [0.15, 0.2) is 42.5 Å². The smallest absolute Gasteiger partial charge is 0.273 e. The third-order valence-corrected chi connectivity index (χ3v) is 3.00. The average Bonchev–Trinajstić information content (AvgIpc) is 2.91. The summed E-state index contributed by atoms with van der Waals surface area (Å²) in [5, 5.41) is 2.81. The zero-order chi connectivity index (χ0) is 12.3. The molecule has 3 rings (SSSR count).